The van der Waals surface area contributed by atoms with Gasteiger partial charge in [-0.15, -0.1) is 0 Å². The zero-order chi connectivity index (χ0) is 15.0. The van der Waals surface area contributed by atoms with Crippen LogP contribution >= 0.6 is 0 Å². The maximum Gasteiger partial charge on any atom is 0.410 e. The molecule has 1 saturated heterocycles. The molecule has 0 aromatic heterocycles. The molecule has 1 spiro atoms. The third-order valence-electron chi connectivity index (χ3n) is 4.16. The Hall–Kier alpha value is -1.26. The van der Waals surface area contributed by atoms with Crippen molar-refractivity contribution in [1.29, 1.82) is 0 Å². The Labute approximate surface area is 121 Å². The molecule has 1 saturated carbocycles. The number of carbonyl (C=O) groups excluding carboxylic acids is 2. The van der Waals surface area contributed by atoms with Crippen LogP contribution < -0.4 is 5.32 Å². The molecule has 0 radical (unpaired) electrons. The summed E-state index contributed by atoms with van der Waals surface area (Å²) in [6.07, 6.45) is 3.99. The second-order valence-electron chi connectivity index (χ2n) is 7.31. The number of nitrogens with one attached hydrogen (secondary N) is 1. The lowest BCUT2D eigenvalue weighted by molar-refractivity contribution is -0.120. The molecular formula is C15H26N2O3. The minimum atomic E-state index is -0.428. The quantitative estimate of drug-likeness (QED) is 0.803. The summed E-state index contributed by atoms with van der Waals surface area (Å²) in [5.74, 6) is 0.0509. The first-order chi connectivity index (χ1) is 9.19. The first-order valence-electron chi connectivity index (χ1n) is 7.44. The van der Waals surface area contributed by atoms with Gasteiger partial charge in [-0.3, -0.25) is 4.79 Å². The van der Waals surface area contributed by atoms with Crippen LogP contribution in [0.1, 0.15) is 53.4 Å². The average Bonchev–Trinajstić information content (AvgIpc) is 2.24. The van der Waals surface area contributed by atoms with E-state index < -0.39 is 5.60 Å². The molecule has 2 rings (SSSR count). The van der Waals surface area contributed by atoms with Crippen LogP contribution in [0, 0.1) is 5.41 Å². The number of carbonyl (C=O) groups is 2. The van der Waals surface area contributed by atoms with E-state index in [-0.39, 0.29) is 17.4 Å². The zero-order valence-electron chi connectivity index (χ0n) is 13.0. The smallest absolute Gasteiger partial charge is 0.410 e. The van der Waals surface area contributed by atoms with Crippen LogP contribution in [0.5, 0.6) is 0 Å². The van der Waals surface area contributed by atoms with Gasteiger partial charge in [0.05, 0.1) is 0 Å². The van der Waals surface area contributed by atoms with Gasteiger partial charge in [0.1, 0.15) is 5.60 Å². The summed E-state index contributed by atoms with van der Waals surface area (Å²) >= 11 is 0. The Balaban J connectivity index is 1.76. The van der Waals surface area contributed by atoms with Crippen molar-refractivity contribution in [3.05, 3.63) is 0 Å². The summed E-state index contributed by atoms with van der Waals surface area (Å²) in [5, 5.41) is 2.99. The van der Waals surface area contributed by atoms with Crippen LogP contribution in [0.4, 0.5) is 4.79 Å². The van der Waals surface area contributed by atoms with Gasteiger partial charge >= 0.3 is 6.09 Å². The average molecular weight is 282 g/mol. The molecule has 5 nitrogen and oxygen atoms in total. The molecule has 20 heavy (non-hydrogen) atoms. The van der Waals surface area contributed by atoms with Gasteiger partial charge in [0.2, 0.25) is 5.91 Å². The Kier molecular flexibility index (Phi) is 3.98. The summed E-state index contributed by atoms with van der Waals surface area (Å²) in [6, 6.07) is 0.314. The van der Waals surface area contributed by atoms with Crippen LogP contribution in [-0.2, 0) is 9.53 Å². The van der Waals surface area contributed by atoms with Crippen molar-refractivity contribution in [3.63, 3.8) is 0 Å². The summed E-state index contributed by atoms with van der Waals surface area (Å²) in [4.78, 5) is 24.8. The molecule has 5 heteroatoms. The first-order valence-corrected chi connectivity index (χ1v) is 7.44. The highest BCUT2D eigenvalue weighted by molar-refractivity contribution is 5.73. The van der Waals surface area contributed by atoms with E-state index in [4.69, 9.17) is 4.74 Å². The van der Waals surface area contributed by atoms with Crippen LogP contribution in [-0.4, -0.2) is 41.6 Å². The molecular weight excluding hydrogens is 256 g/mol. The lowest BCUT2D eigenvalue weighted by Crippen LogP contribution is -2.61. The molecule has 0 unspecified atom stereocenters. The fourth-order valence-corrected chi connectivity index (χ4v) is 3.20. The molecule has 1 heterocycles. The van der Waals surface area contributed by atoms with E-state index in [1.807, 2.05) is 20.8 Å². The largest absolute Gasteiger partial charge is 0.444 e. The van der Waals surface area contributed by atoms with Crippen LogP contribution in [0.25, 0.3) is 0 Å². The lowest BCUT2D eigenvalue weighted by Gasteiger charge is -2.53. The maximum absolute atomic E-state index is 11.9. The molecule has 1 N–H and O–H groups in total. The standard InChI is InChI=1S/C15H26N2O3/c1-11(18)16-12-5-7-15(8-6-12)9-17(10-15)13(19)20-14(2,3)4/h12H,5-10H2,1-4H3,(H,16,18). The molecule has 0 aromatic carbocycles. The third kappa shape index (κ3) is 3.64. The minimum Gasteiger partial charge on any atom is -0.444 e. The molecule has 1 aliphatic carbocycles. The van der Waals surface area contributed by atoms with Gasteiger partial charge in [0.25, 0.3) is 0 Å². The molecule has 2 amide bonds. The van der Waals surface area contributed by atoms with E-state index in [0.717, 1.165) is 38.8 Å². The van der Waals surface area contributed by atoms with Crippen molar-refractivity contribution in [2.75, 3.05) is 13.1 Å². The monoisotopic (exact) mass is 282 g/mol. The minimum absolute atomic E-state index is 0.0509. The normalized spacial score (nSPS) is 22.3. The predicted molar refractivity (Wildman–Crippen MR) is 76.3 cm³/mol. The van der Waals surface area contributed by atoms with Gasteiger partial charge < -0.3 is 15.0 Å². The first kappa shape index (κ1) is 15.1. The van der Waals surface area contributed by atoms with Crippen molar-refractivity contribution in [2.24, 2.45) is 5.41 Å². The molecule has 114 valence electrons. The highest BCUT2D eigenvalue weighted by atomic mass is 16.6. The Bertz CT molecular complexity index is 384. The predicted octanol–water partition coefficient (Wildman–Crippen LogP) is 2.30. The van der Waals surface area contributed by atoms with E-state index in [0.29, 0.717) is 6.04 Å². The van der Waals surface area contributed by atoms with E-state index in [2.05, 4.69) is 5.32 Å². The van der Waals surface area contributed by atoms with Crippen molar-refractivity contribution >= 4 is 12.0 Å². The highest BCUT2D eigenvalue weighted by Gasteiger charge is 2.47. The number of ether oxygens (including phenoxy) is 1. The molecule has 2 aliphatic rings. The molecule has 0 bridgehead atoms. The summed E-state index contributed by atoms with van der Waals surface area (Å²) in [5.41, 5.74) is -0.158. The van der Waals surface area contributed by atoms with Crippen molar-refractivity contribution in [1.82, 2.24) is 10.2 Å². The summed E-state index contributed by atoms with van der Waals surface area (Å²) in [6.45, 7) is 8.83. The van der Waals surface area contributed by atoms with Gasteiger partial charge in [-0.2, -0.15) is 0 Å². The van der Waals surface area contributed by atoms with Crippen LogP contribution in [0.3, 0.4) is 0 Å². The van der Waals surface area contributed by atoms with E-state index in [1.54, 1.807) is 11.8 Å². The molecule has 2 fully saturated rings. The lowest BCUT2D eigenvalue weighted by atomic mass is 9.67. The van der Waals surface area contributed by atoms with Crippen molar-refractivity contribution in [3.8, 4) is 0 Å². The second kappa shape index (κ2) is 5.26. The van der Waals surface area contributed by atoms with E-state index >= 15 is 0 Å². The topological polar surface area (TPSA) is 58.6 Å². The SMILES string of the molecule is CC(=O)NC1CCC2(CC1)CN(C(=O)OC(C)(C)C)C2. The van der Waals surface area contributed by atoms with E-state index in [9.17, 15) is 9.59 Å². The fourth-order valence-electron chi connectivity index (χ4n) is 3.20. The Morgan fingerprint density at radius 1 is 1.20 bits per heavy atom. The molecule has 0 atom stereocenters. The summed E-state index contributed by atoms with van der Waals surface area (Å²) in [7, 11) is 0. The number of amides is 2. The fraction of sp³-hybridized carbons (Fsp3) is 0.867. The Morgan fingerprint density at radius 3 is 2.20 bits per heavy atom. The number of rotatable bonds is 1. The van der Waals surface area contributed by atoms with Gasteiger partial charge in [-0.25, -0.2) is 4.79 Å². The van der Waals surface area contributed by atoms with E-state index in [1.165, 1.54) is 0 Å². The number of hydrogen-bond donors (Lipinski definition) is 1. The zero-order valence-corrected chi connectivity index (χ0v) is 13.0. The van der Waals surface area contributed by atoms with Gasteiger partial charge in [-0.05, 0) is 46.5 Å². The van der Waals surface area contributed by atoms with Crippen LogP contribution in [0.2, 0.25) is 0 Å². The van der Waals surface area contributed by atoms with Crippen molar-refractivity contribution in [2.45, 2.75) is 65.0 Å². The number of nitrogens with zero attached hydrogens (tertiary/aromatic N) is 1. The highest BCUT2D eigenvalue weighted by Crippen LogP contribution is 2.44. The maximum atomic E-state index is 11.9. The summed E-state index contributed by atoms with van der Waals surface area (Å²) < 4.78 is 5.38. The molecule has 1 aliphatic heterocycles. The molecule has 0 aromatic rings. The number of likely N-dealkylation sites (tertiary alicyclic amines) is 1. The van der Waals surface area contributed by atoms with Crippen molar-refractivity contribution < 1.29 is 14.3 Å². The Morgan fingerprint density at radius 2 is 1.75 bits per heavy atom. The van der Waals surface area contributed by atoms with Gasteiger partial charge in [0, 0.05) is 31.5 Å². The third-order valence-corrected chi connectivity index (χ3v) is 4.16. The van der Waals surface area contributed by atoms with Gasteiger partial charge in [0.15, 0.2) is 0 Å². The second-order valence-corrected chi connectivity index (χ2v) is 7.31. The van der Waals surface area contributed by atoms with Gasteiger partial charge in [-0.1, -0.05) is 0 Å². The number of hydrogen-bond acceptors (Lipinski definition) is 3. The van der Waals surface area contributed by atoms with Crippen LogP contribution in [0.15, 0.2) is 0 Å².